The second-order valence-corrected chi connectivity index (χ2v) is 6.06. The fourth-order valence-corrected chi connectivity index (χ4v) is 2.78. The van der Waals surface area contributed by atoms with E-state index in [0.717, 1.165) is 12.6 Å². The molecule has 2 amide bonds. The first-order valence-corrected chi connectivity index (χ1v) is 8.47. The van der Waals surface area contributed by atoms with Crippen LogP contribution in [0, 0.1) is 0 Å². The lowest BCUT2D eigenvalue weighted by Crippen LogP contribution is -2.46. The van der Waals surface area contributed by atoms with E-state index in [1.54, 1.807) is 0 Å². The number of carbonyl (C=O) groups is 1. The predicted octanol–water partition coefficient (Wildman–Crippen LogP) is 2.06. The molecule has 1 atom stereocenters. The molecule has 1 aliphatic rings. The topological polar surface area (TPSA) is 80.2 Å². The molecule has 7 nitrogen and oxygen atoms in total. The zero-order valence-electron chi connectivity index (χ0n) is 14.4. The first-order chi connectivity index (χ1) is 12.9. The third-order valence-electron chi connectivity index (χ3n) is 4.10. The standard InChI is InChI=1S/C17H20F3N5O2/c18-17(19,20)14-4-2-1-3-12(14)11-25-15(5-6-23-25)24-16(26)22-10-13-9-21-7-8-27-13/h1-6,13,21H,7-11H2,(H2,22,24,26). The van der Waals surface area contributed by atoms with Crippen molar-refractivity contribution in [3.05, 3.63) is 47.7 Å². The Morgan fingerprint density at radius 1 is 1.33 bits per heavy atom. The van der Waals surface area contributed by atoms with E-state index in [0.29, 0.717) is 25.5 Å². The van der Waals surface area contributed by atoms with Crippen molar-refractivity contribution in [3.63, 3.8) is 0 Å². The van der Waals surface area contributed by atoms with Gasteiger partial charge in [-0.3, -0.25) is 5.32 Å². The monoisotopic (exact) mass is 383 g/mol. The molecular formula is C17H20F3N5O2. The molecule has 1 aliphatic heterocycles. The van der Waals surface area contributed by atoms with Gasteiger partial charge in [-0.15, -0.1) is 0 Å². The third kappa shape index (κ3) is 5.20. The Morgan fingerprint density at radius 3 is 2.89 bits per heavy atom. The SMILES string of the molecule is O=C(NCC1CNCCO1)Nc1ccnn1Cc1ccccc1C(F)(F)F. The summed E-state index contributed by atoms with van der Waals surface area (Å²) in [5.41, 5.74) is -0.656. The smallest absolute Gasteiger partial charge is 0.374 e. The number of carbonyl (C=O) groups excluding carboxylic acids is 1. The maximum absolute atomic E-state index is 13.1. The molecule has 1 saturated heterocycles. The number of aromatic nitrogens is 2. The molecule has 2 heterocycles. The summed E-state index contributed by atoms with van der Waals surface area (Å²) in [6.45, 7) is 2.21. The summed E-state index contributed by atoms with van der Waals surface area (Å²) in [6, 6.07) is 6.33. The number of benzene rings is 1. The van der Waals surface area contributed by atoms with Crippen LogP contribution in [-0.4, -0.2) is 48.2 Å². The van der Waals surface area contributed by atoms with Crippen LogP contribution in [0.4, 0.5) is 23.8 Å². The minimum atomic E-state index is -4.46. The number of morpholine rings is 1. The second-order valence-electron chi connectivity index (χ2n) is 6.06. The number of rotatable bonds is 5. The Morgan fingerprint density at radius 2 is 2.15 bits per heavy atom. The van der Waals surface area contributed by atoms with Gasteiger partial charge in [-0.05, 0) is 11.6 Å². The maximum atomic E-state index is 13.1. The van der Waals surface area contributed by atoms with E-state index in [2.05, 4.69) is 21.0 Å². The van der Waals surface area contributed by atoms with Gasteiger partial charge >= 0.3 is 12.2 Å². The van der Waals surface area contributed by atoms with Gasteiger partial charge < -0.3 is 15.4 Å². The van der Waals surface area contributed by atoms with Crippen LogP contribution in [-0.2, 0) is 17.5 Å². The number of amides is 2. The molecule has 146 valence electrons. The summed E-state index contributed by atoms with van der Waals surface area (Å²) in [5.74, 6) is 0.298. The van der Waals surface area contributed by atoms with E-state index in [1.807, 2.05) is 0 Å². The van der Waals surface area contributed by atoms with Gasteiger partial charge in [0, 0.05) is 25.7 Å². The van der Waals surface area contributed by atoms with Crippen LogP contribution in [0.2, 0.25) is 0 Å². The molecule has 0 aliphatic carbocycles. The lowest BCUT2D eigenvalue weighted by molar-refractivity contribution is -0.138. The average Bonchev–Trinajstić information content (AvgIpc) is 3.07. The van der Waals surface area contributed by atoms with Crippen molar-refractivity contribution in [1.82, 2.24) is 20.4 Å². The Kier molecular flexibility index (Phi) is 5.97. The first-order valence-electron chi connectivity index (χ1n) is 8.47. The van der Waals surface area contributed by atoms with Crippen molar-refractivity contribution in [2.24, 2.45) is 0 Å². The summed E-state index contributed by atoms with van der Waals surface area (Å²) in [4.78, 5) is 12.1. The number of hydrogen-bond donors (Lipinski definition) is 3. The average molecular weight is 383 g/mol. The highest BCUT2D eigenvalue weighted by Crippen LogP contribution is 2.32. The Balaban J connectivity index is 1.62. The van der Waals surface area contributed by atoms with Crippen molar-refractivity contribution in [1.29, 1.82) is 0 Å². The van der Waals surface area contributed by atoms with Gasteiger partial charge in [0.2, 0.25) is 0 Å². The van der Waals surface area contributed by atoms with Crippen LogP contribution < -0.4 is 16.0 Å². The summed E-state index contributed by atoms with van der Waals surface area (Å²) in [5, 5.41) is 12.4. The van der Waals surface area contributed by atoms with E-state index < -0.39 is 17.8 Å². The number of urea groups is 1. The number of hydrogen-bond acceptors (Lipinski definition) is 4. The van der Waals surface area contributed by atoms with Gasteiger partial charge in [-0.25, -0.2) is 9.48 Å². The summed E-state index contributed by atoms with van der Waals surface area (Å²) in [6.07, 6.45) is -3.16. The lowest BCUT2D eigenvalue weighted by atomic mass is 10.1. The zero-order valence-corrected chi connectivity index (χ0v) is 14.4. The number of alkyl halides is 3. The Bertz CT molecular complexity index is 772. The van der Waals surface area contributed by atoms with Crippen LogP contribution in [0.1, 0.15) is 11.1 Å². The third-order valence-corrected chi connectivity index (χ3v) is 4.10. The maximum Gasteiger partial charge on any atom is 0.416 e. The molecule has 3 N–H and O–H groups in total. The number of anilines is 1. The number of halogens is 3. The van der Waals surface area contributed by atoms with E-state index in [1.165, 1.54) is 35.1 Å². The quantitative estimate of drug-likeness (QED) is 0.739. The van der Waals surface area contributed by atoms with Crippen molar-refractivity contribution in [2.45, 2.75) is 18.8 Å². The molecule has 1 aromatic heterocycles. The highest BCUT2D eigenvalue weighted by molar-refractivity contribution is 5.88. The molecule has 0 radical (unpaired) electrons. The fraction of sp³-hybridized carbons (Fsp3) is 0.412. The molecule has 2 aromatic rings. The van der Waals surface area contributed by atoms with Gasteiger partial charge in [-0.1, -0.05) is 18.2 Å². The normalized spacial score (nSPS) is 17.5. The zero-order chi connectivity index (χ0) is 19.3. The molecule has 3 rings (SSSR count). The van der Waals surface area contributed by atoms with Gasteiger partial charge in [0.15, 0.2) is 0 Å². The Labute approximate surface area is 153 Å². The summed E-state index contributed by atoms with van der Waals surface area (Å²) >= 11 is 0. The summed E-state index contributed by atoms with van der Waals surface area (Å²) < 4.78 is 46.2. The molecule has 1 unspecified atom stereocenters. The van der Waals surface area contributed by atoms with E-state index in [9.17, 15) is 18.0 Å². The minimum absolute atomic E-state index is 0.0684. The lowest BCUT2D eigenvalue weighted by Gasteiger charge is -2.23. The van der Waals surface area contributed by atoms with Gasteiger partial charge in [-0.2, -0.15) is 18.3 Å². The van der Waals surface area contributed by atoms with Crippen LogP contribution in [0.15, 0.2) is 36.5 Å². The molecule has 27 heavy (non-hydrogen) atoms. The number of ether oxygens (including phenoxy) is 1. The van der Waals surface area contributed by atoms with Crippen molar-refractivity contribution in [3.8, 4) is 0 Å². The van der Waals surface area contributed by atoms with Gasteiger partial charge in [0.1, 0.15) is 5.82 Å². The molecule has 0 bridgehead atoms. The van der Waals surface area contributed by atoms with Gasteiger partial charge in [0.25, 0.3) is 0 Å². The van der Waals surface area contributed by atoms with Crippen LogP contribution >= 0.6 is 0 Å². The second kappa shape index (κ2) is 8.40. The first kappa shape index (κ1) is 19.2. The van der Waals surface area contributed by atoms with Crippen molar-refractivity contribution < 1.29 is 22.7 Å². The number of nitrogens with one attached hydrogen (secondary N) is 3. The Hall–Kier alpha value is -2.59. The largest absolute Gasteiger partial charge is 0.416 e. The molecule has 1 fully saturated rings. The van der Waals surface area contributed by atoms with Crippen LogP contribution in [0.3, 0.4) is 0 Å². The molecule has 0 spiro atoms. The molecule has 10 heteroatoms. The molecule has 1 aromatic carbocycles. The highest BCUT2D eigenvalue weighted by atomic mass is 19.4. The fourth-order valence-electron chi connectivity index (χ4n) is 2.78. The van der Waals surface area contributed by atoms with E-state index >= 15 is 0 Å². The van der Waals surface area contributed by atoms with Crippen LogP contribution in [0.5, 0.6) is 0 Å². The van der Waals surface area contributed by atoms with E-state index in [4.69, 9.17) is 4.74 Å². The van der Waals surface area contributed by atoms with E-state index in [-0.39, 0.29) is 18.2 Å². The molecule has 0 saturated carbocycles. The van der Waals surface area contributed by atoms with Crippen molar-refractivity contribution >= 4 is 11.8 Å². The highest BCUT2D eigenvalue weighted by Gasteiger charge is 2.33. The molecular weight excluding hydrogens is 363 g/mol. The predicted molar refractivity (Wildman–Crippen MR) is 92.4 cm³/mol. The minimum Gasteiger partial charge on any atom is -0.374 e. The van der Waals surface area contributed by atoms with Crippen molar-refractivity contribution in [2.75, 3.05) is 31.6 Å². The van der Waals surface area contributed by atoms with Crippen LogP contribution in [0.25, 0.3) is 0 Å². The summed E-state index contributed by atoms with van der Waals surface area (Å²) in [7, 11) is 0. The number of nitrogens with zero attached hydrogens (tertiary/aromatic N) is 2. The van der Waals surface area contributed by atoms with Gasteiger partial charge in [0.05, 0.1) is 31.0 Å².